The summed E-state index contributed by atoms with van der Waals surface area (Å²) < 4.78 is 4.96. The van der Waals surface area contributed by atoms with Crippen LogP contribution in [-0.4, -0.2) is 5.97 Å². The van der Waals surface area contributed by atoms with Gasteiger partial charge in [-0.1, -0.05) is 0 Å². The van der Waals surface area contributed by atoms with E-state index in [4.69, 9.17) is 4.74 Å². The lowest BCUT2D eigenvalue weighted by Gasteiger charge is -2.01. The van der Waals surface area contributed by atoms with Crippen LogP contribution >= 0.6 is 24.0 Å². The molecule has 82 valence electrons. The molecule has 0 aliphatic heterocycles. The zero-order valence-corrected chi connectivity index (χ0v) is 10.3. The van der Waals surface area contributed by atoms with Crippen molar-refractivity contribution in [3.05, 3.63) is 35.7 Å². The summed E-state index contributed by atoms with van der Waals surface area (Å²) in [7, 11) is 0. The van der Waals surface area contributed by atoms with Crippen molar-refractivity contribution >= 4 is 29.9 Å². The van der Waals surface area contributed by atoms with E-state index in [0.29, 0.717) is 5.75 Å². The van der Waals surface area contributed by atoms with Crippen molar-refractivity contribution in [3.8, 4) is 16.2 Å². The van der Waals surface area contributed by atoms with Crippen molar-refractivity contribution in [2.75, 3.05) is 0 Å². The van der Waals surface area contributed by atoms with E-state index in [1.807, 2.05) is 23.6 Å². The third kappa shape index (κ3) is 2.65. The van der Waals surface area contributed by atoms with Gasteiger partial charge >= 0.3 is 5.97 Å². The van der Waals surface area contributed by atoms with Crippen LogP contribution in [0.4, 0.5) is 0 Å². The van der Waals surface area contributed by atoms with Crippen molar-refractivity contribution in [1.29, 1.82) is 0 Å². The lowest BCUT2D eigenvalue weighted by atomic mass is 10.2. The smallest absolute Gasteiger partial charge is 0.308 e. The minimum absolute atomic E-state index is 0.304. The van der Waals surface area contributed by atoms with E-state index in [1.54, 1.807) is 23.5 Å². The van der Waals surface area contributed by atoms with Gasteiger partial charge in [-0.2, -0.15) is 0 Å². The summed E-state index contributed by atoms with van der Waals surface area (Å²) in [5, 5.41) is 1.98. The molecule has 0 N–H and O–H groups in total. The van der Waals surface area contributed by atoms with E-state index in [2.05, 4.69) is 12.6 Å². The van der Waals surface area contributed by atoms with E-state index in [1.165, 1.54) is 6.92 Å². The average Bonchev–Trinajstić information content (AvgIpc) is 2.65. The number of carbonyl (C=O) groups excluding carboxylic acids is 1. The van der Waals surface area contributed by atoms with Gasteiger partial charge in [-0.25, -0.2) is 0 Å². The molecule has 0 saturated carbocycles. The molecule has 0 aliphatic rings. The Morgan fingerprint density at radius 3 is 2.50 bits per heavy atom. The molecule has 1 aromatic heterocycles. The Morgan fingerprint density at radius 1 is 1.31 bits per heavy atom. The molecule has 0 amide bonds. The molecule has 0 atom stereocenters. The van der Waals surface area contributed by atoms with E-state index >= 15 is 0 Å². The first-order chi connectivity index (χ1) is 7.65. The summed E-state index contributed by atoms with van der Waals surface area (Å²) >= 11 is 5.90. The molecule has 0 saturated heterocycles. The van der Waals surface area contributed by atoms with Crippen LogP contribution in [0.15, 0.2) is 40.6 Å². The van der Waals surface area contributed by atoms with Crippen LogP contribution in [0.25, 0.3) is 10.4 Å². The van der Waals surface area contributed by atoms with Gasteiger partial charge in [0.15, 0.2) is 0 Å². The van der Waals surface area contributed by atoms with Crippen LogP contribution in [0.1, 0.15) is 6.92 Å². The second kappa shape index (κ2) is 4.72. The number of hydrogen-bond acceptors (Lipinski definition) is 4. The third-order valence-corrected chi connectivity index (χ3v) is 3.40. The Kier molecular flexibility index (Phi) is 3.31. The number of thiol groups is 1. The Labute approximate surface area is 103 Å². The maximum Gasteiger partial charge on any atom is 0.308 e. The molecule has 2 nitrogen and oxygen atoms in total. The standard InChI is InChI=1S/C12H10O2S2/c1-8(13)14-10-4-2-9(3-5-10)12-6-11(15)7-16-12/h2-7,15H,1H3. The second-order valence-electron chi connectivity index (χ2n) is 3.29. The van der Waals surface area contributed by atoms with Gasteiger partial charge in [-0.05, 0) is 35.9 Å². The van der Waals surface area contributed by atoms with Crippen LogP contribution < -0.4 is 4.74 Å². The number of thiophene rings is 1. The highest BCUT2D eigenvalue weighted by Crippen LogP contribution is 2.29. The molecule has 0 bridgehead atoms. The van der Waals surface area contributed by atoms with Crippen LogP contribution in [0.3, 0.4) is 0 Å². The fraction of sp³-hybridized carbons (Fsp3) is 0.0833. The normalized spacial score (nSPS) is 10.1. The summed E-state index contributed by atoms with van der Waals surface area (Å²) in [6.45, 7) is 1.39. The highest BCUT2D eigenvalue weighted by atomic mass is 32.1. The van der Waals surface area contributed by atoms with Gasteiger partial charge in [-0.3, -0.25) is 4.79 Å². The second-order valence-corrected chi connectivity index (χ2v) is 4.71. The fourth-order valence-corrected chi connectivity index (χ4v) is 2.49. The molecule has 0 aliphatic carbocycles. The van der Waals surface area contributed by atoms with Gasteiger partial charge in [0.1, 0.15) is 5.75 Å². The third-order valence-electron chi connectivity index (χ3n) is 1.99. The number of rotatable bonds is 2. The molecule has 0 fully saturated rings. The van der Waals surface area contributed by atoms with Gasteiger partial charge in [0.05, 0.1) is 0 Å². The molecule has 16 heavy (non-hydrogen) atoms. The van der Waals surface area contributed by atoms with E-state index in [9.17, 15) is 4.79 Å². The summed E-state index contributed by atoms with van der Waals surface area (Å²) in [4.78, 5) is 12.9. The summed E-state index contributed by atoms with van der Waals surface area (Å²) in [5.74, 6) is 0.264. The zero-order chi connectivity index (χ0) is 11.5. The van der Waals surface area contributed by atoms with Crippen molar-refractivity contribution in [1.82, 2.24) is 0 Å². The Hall–Kier alpha value is -1.26. The van der Waals surface area contributed by atoms with Gasteiger partial charge in [0.25, 0.3) is 0 Å². The highest BCUT2D eigenvalue weighted by Gasteiger charge is 2.02. The molecule has 1 aromatic carbocycles. The molecule has 4 heteroatoms. The predicted octanol–water partition coefficient (Wildman–Crippen LogP) is 3.63. The number of hydrogen-bond donors (Lipinski definition) is 1. The van der Waals surface area contributed by atoms with Gasteiger partial charge in [0.2, 0.25) is 0 Å². The summed E-state index contributed by atoms with van der Waals surface area (Å²) in [6, 6.07) is 9.44. The lowest BCUT2D eigenvalue weighted by molar-refractivity contribution is -0.131. The molecule has 0 spiro atoms. The SMILES string of the molecule is CC(=O)Oc1ccc(-c2cc(S)cs2)cc1. The molecule has 1 heterocycles. The van der Waals surface area contributed by atoms with E-state index < -0.39 is 0 Å². The number of benzene rings is 1. The van der Waals surface area contributed by atoms with Crippen LogP contribution in [-0.2, 0) is 4.79 Å². The first kappa shape index (κ1) is 11.2. The Morgan fingerprint density at radius 2 is 2.00 bits per heavy atom. The maximum atomic E-state index is 10.7. The molecule has 0 unspecified atom stereocenters. The number of carbonyl (C=O) groups is 1. The van der Waals surface area contributed by atoms with E-state index in [0.717, 1.165) is 15.3 Å². The summed E-state index contributed by atoms with van der Waals surface area (Å²) in [6.07, 6.45) is 0. The molecular weight excluding hydrogens is 240 g/mol. The maximum absolute atomic E-state index is 10.7. The van der Waals surface area contributed by atoms with Gasteiger partial charge in [0, 0.05) is 22.1 Å². The largest absolute Gasteiger partial charge is 0.427 e. The van der Waals surface area contributed by atoms with Gasteiger partial charge < -0.3 is 4.74 Å². The number of esters is 1. The minimum atomic E-state index is -0.304. The zero-order valence-electron chi connectivity index (χ0n) is 8.64. The predicted molar refractivity (Wildman–Crippen MR) is 68.3 cm³/mol. The van der Waals surface area contributed by atoms with Crippen molar-refractivity contribution < 1.29 is 9.53 Å². The Balaban J connectivity index is 2.22. The molecule has 2 rings (SSSR count). The quantitative estimate of drug-likeness (QED) is 0.500. The van der Waals surface area contributed by atoms with Crippen molar-refractivity contribution in [2.24, 2.45) is 0 Å². The highest BCUT2D eigenvalue weighted by molar-refractivity contribution is 7.80. The van der Waals surface area contributed by atoms with Crippen LogP contribution in [0, 0.1) is 0 Å². The minimum Gasteiger partial charge on any atom is -0.427 e. The molecular formula is C12H10O2S2. The molecule has 2 aromatic rings. The first-order valence-electron chi connectivity index (χ1n) is 4.71. The van der Waals surface area contributed by atoms with Crippen molar-refractivity contribution in [3.63, 3.8) is 0 Å². The number of ether oxygens (including phenoxy) is 1. The fourth-order valence-electron chi connectivity index (χ4n) is 1.33. The van der Waals surface area contributed by atoms with Crippen molar-refractivity contribution in [2.45, 2.75) is 11.8 Å². The van der Waals surface area contributed by atoms with E-state index in [-0.39, 0.29) is 5.97 Å². The van der Waals surface area contributed by atoms with Crippen LogP contribution in [0.2, 0.25) is 0 Å². The first-order valence-corrected chi connectivity index (χ1v) is 6.04. The topological polar surface area (TPSA) is 26.3 Å². The monoisotopic (exact) mass is 250 g/mol. The summed E-state index contributed by atoms with van der Waals surface area (Å²) in [5.41, 5.74) is 1.10. The van der Waals surface area contributed by atoms with Gasteiger partial charge in [-0.15, -0.1) is 24.0 Å². The molecule has 0 radical (unpaired) electrons. The Bertz CT molecular complexity index is 500. The van der Waals surface area contributed by atoms with Crippen LogP contribution in [0.5, 0.6) is 5.75 Å². The lowest BCUT2D eigenvalue weighted by Crippen LogP contribution is -2.00. The average molecular weight is 250 g/mol.